The molecule has 2 aromatic carbocycles. The van der Waals surface area contributed by atoms with Crippen molar-refractivity contribution >= 4 is 27.5 Å². The van der Waals surface area contributed by atoms with Crippen LogP contribution in [0.5, 0.6) is 17.6 Å². The number of phenolic OH excluding ortho intramolecular Hbond substituents is 1. The molecule has 0 bridgehead atoms. The first-order chi connectivity index (χ1) is 21.6. The van der Waals surface area contributed by atoms with E-state index in [2.05, 4.69) is 20.9 Å². The highest BCUT2D eigenvalue weighted by Crippen LogP contribution is 2.44. The van der Waals surface area contributed by atoms with Crippen LogP contribution in [0.25, 0.3) is 32.9 Å². The molecule has 8 nitrogen and oxygen atoms in total. The molecule has 3 aliphatic rings. The largest absolute Gasteiger partial charge is 0.508 e. The number of ether oxygens (including phenoxy) is 2. The molecule has 2 fully saturated rings. The van der Waals surface area contributed by atoms with Crippen LogP contribution in [0.2, 0.25) is 0 Å². The number of aromatic hydroxyl groups is 1. The number of hydrogen-bond acceptors (Lipinski definition) is 8. The number of pyridine rings is 1. The van der Waals surface area contributed by atoms with Gasteiger partial charge in [0.2, 0.25) is 5.88 Å². The van der Waals surface area contributed by atoms with Crippen LogP contribution in [-0.2, 0) is 0 Å². The van der Waals surface area contributed by atoms with Gasteiger partial charge in [-0.3, -0.25) is 4.90 Å². The molecule has 0 spiro atoms. The van der Waals surface area contributed by atoms with Crippen molar-refractivity contribution in [2.24, 2.45) is 0 Å². The molecule has 2 saturated heterocycles. The Morgan fingerprint density at radius 1 is 1.20 bits per heavy atom. The van der Waals surface area contributed by atoms with E-state index in [0.29, 0.717) is 11.8 Å². The molecule has 2 aromatic heterocycles. The maximum atomic E-state index is 16.8. The second-order valence-electron chi connectivity index (χ2n) is 11.9. The van der Waals surface area contributed by atoms with Gasteiger partial charge in [-0.2, -0.15) is 9.97 Å². The lowest BCUT2D eigenvalue weighted by molar-refractivity contribution is 0.107. The SMILES string of the molecule is C#Cc1c(F)ccc2cc(O)cc(-c3nc4c5c(nc(OCC67CCCN6C[C@H](F)C7)nc5c3F)N(CC(F)F)[C@@H](C)CO4)c12. The summed E-state index contributed by atoms with van der Waals surface area (Å²) in [6.45, 7) is 1.84. The number of halogens is 5. The highest BCUT2D eigenvalue weighted by atomic mass is 19.3. The van der Waals surface area contributed by atoms with Crippen molar-refractivity contribution in [3.63, 3.8) is 0 Å². The number of alkyl halides is 3. The molecule has 1 unspecified atom stereocenters. The van der Waals surface area contributed by atoms with Crippen LogP contribution in [0.3, 0.4) is 0 Å². The van der Waals surface area contributed by atoms with E-state index in [-0.39, 0.29) is 82.7 Å². The van der Waals surface area contributed by atoms with E-state index in [1.165, 1.54) is 23.1 Å². The van der Waals surface area contributed by atoms with Crippen LogP contribution in [0.15, 0.2) is 24.3 Å². The van der Waals surface area contributed by atoms with E-state index in [0.717, 1.165) is 19.0 Å². The summed E-state index contributed by atoms with van der Waals surface area (Å²) in [5, 5.41) is 10.9. The zero-order valence-electron chi connectivity index (χ0n) is 24.2. The molecule has 45 heavy (non-hydrogen) atoms. The highest BCUT2D eigenvalue weighted by Gasteiger charge is 2.49. The summed E-state index contributed by atoms with van der Waals surface area (Å²) in [6.07, 6.45) is 3.68. The first-order valence-electron chi connectivity index (χ1n) is 14.6. The Hall–Kier alpha value is -4.44. The normalized spacial score (nSPS) is 22.9. The minimum Gasteiger partial charge on any atom is -0.508 e. The van der Waals surface area contributed by atoms with Crippen molar-refractivity contribution < 1.29 is 36.5 Å². The zero-order chi connectivity index (χ0) is 31.6. The smallest absolute Gasteiger partial charge is 0.319 e. The molecule has 0 radical (unpaired) electrons. The number of anilines is 1. The summed E-state index contributed by atoms with van der Waals surface area (Å²) in [5.41, 5.74) is -1.46. The minimum absolute atomic E-state index is 0.0215. The predicted octanol–water partition coefficient (Wildman–Crippen LogP) is 5.62. The number of fused-ring (bicyclic) bond motifs is 2. The molecule has 3 aliphatic heterocycles. The van der Waals surface area contributed by atoms with Gasteiger partial charge < -0.3 is 19.5 Å². The van der Waals surface area contributed by atoms with Crippen molar-refractivity contribution in [3.05, 3.63) is 41.5 Å². The molecule has 13 heteroatoms. The van der Waals surface area contributed by atoms with E-state index >= 15 is 4.39 Å². The van der Waals surface area contributed by atoms with Crippen molar-refractivity contribution in [3.8, 4) is 41.2 Å². The molecule has 7 rings (SSSR count). The lowest BCUT2D eigenvalue weighted by Crippen LogP contribution is -2.43. The maximum Gasteiger partial charge on any atom is 0.319 e. The average molecular weight is 626 g/mol. The van der Waals surface area contributed by atoms with Gasteiger partial charge in [0, 0.05) is 23.9 Å². The number of phenols is 1. The molecular weight excluding hydrogens is 597 g/mol. The number of terminal acetylenes is 1. The summed E-state index contributed by atoms with van der Waals surface area (Å²) in [4.78, 5) is 16.6. The third-order valence-electron chi connectivity index (χ3n) is 8.99. The Bertz CT molecular complexity index is 1880. The van der Waals surface area contributed by atoms with Crippen LogP contribution in [0.1, 0.15) is 31.7 Å². The summed E-state index contributed by atoms with van der Waals surface area (Å²) < 4.78 is 85.6. The van der Waals surface area contributed by atoms with E-state index in [1.807, 2.05) is 4.90 Å². The molecule has 4 aromatic rings. The van der Waals surface area contributed by atoms with Crippen LogP contribution in [-0.4, -0.2) is 82.0 Å². The number of rotatable bonds is 6. The number of nitrogens with zero attached hydrogens (tertiary/aromatic N) is 5. The average Bonchev–Trinajstić information content (AvgIpc) is 3.49. The van der Waals surface area contributed by atoms with Gasteiger partial charge in [-0.15, -0.1) is 6.42 Å². The fourth-order valence-corrected chi connectivity index (χ4v) is 6.97. The molecule has 1 N–H and O–H groups in total. The maximum absolute atomic E-state index is 16.8. The van der Waals surface area contributed by atoms with Crippen LogP contribution in [0, 0.1) is 24.0 Å². The second kappa shape index (κ2) is 10.9. The minimum atomic E-state index is -2.76. The molecule has 3 atom stereocenters. The van der Waals surface area contributed by atoms with Gasteiger partial charge >= 0.3 is 6.01 Å². The van der Waals surface area contributed by atoms with Crippen LogP contribution in [0.4, 0.5) is 27.8 Å². The fraction of sp³-hybridized carbons (Fsp3) is 0.406. The monoisotopic (exact) mass is 625 g/mol. The van der Waals surface area contributed by atoms with Gasteiger partial charge in [0.1, 0.15) is 53.4 Å². The Balaban J connectivity index is 1.45. The van der Waals surface area contributed by atoms with Crippen molar-refractivity contribution in [1.82, 2.24) is 19.9 Å². The molecule has 0 saturated carbocycles. The summed E-state index contributed by atoms with van der Waals surface area (Å²) in [7, 11) is 0. The summed E-state index contributed by atoms with van der Waals surface area (Å²) in [5.74, 6) is 0.0996. The molecule has 0 aliphatic carbocycles. The predicted molar refractivity (Wildman–Crippen MR) is 157 cm³/mol. The zero-order valence-corrected chi connectivity index (χ0v) is 24.2. The van der Waals surface area contributed by atoms with Gasteiger partial charge in [-0.05, 0) is 49.9 Å². The standard InChI is InChI=1S/C32H28F5N5O3/c1-3-20-22(34)6-5-17-9-19(43)10-21(24(17)20)27-26(37)28-25-29(42(13-23(35)36)16(2)14-44-30(25)38-27)40-31(39-28)45-15-32-7-4-8-41(32)12-18(33)11-32/h1,5-6,9-10,16,18,23,43H,4,7-8,11-15H2,2H3/t16-,18+,32?/m0/s1. The highest BCUT2D eigenvalue weighted by molar-refractivity contribution is 6.04. The second-order valence-corrected chi connectivity index (χ2v) is 11.9. The third-order valence-corrected chi connectivity index (χ3v) is 8.99. The molecular formula is C32H28F5N5O3. The van der Waals surface area contributed by atoms with Gasteiger partial charge in [-0.25, -0.2) is 26.9 Å². The van der Waals surface area contributed by atoms with Crippen LogP contribution < -0.4 is 14.4 Å². The lowest BCUT2D eigenvalue weighted by Gasteiger charge is -2.31. The topological polar surface area (TPSA) is 83.8 Å². The number of hydrogen-bond donors (Lipinski definition) is 1. The van der Waals surface area contributed by atoms with Gasteiger partial charge in [0.25, 0.3) is 6.43 Å². The Kier molecular flexibility index (Phi) is 7.07. The molecule has 234 valence electrons. The van der Waals surface area contributed by atoms with Gasteiger partial charge in [-0.1, -0.05) is 12.0 Å². The van der Waals surface area contributed by atoms with Crippen LogP contribution >= 0.6 is 0 Å². The van der Waals surface area contributed by atoms with Gasteiger partial charge in [0.05, 0.1) is 23.7 Å². The Morgan fingerprint density at radius 3 is 2.80 bits per heavy atom. The van der Waals surface area contributed by atoms with E-state index < -0.39 is 42.4 Å². The fourth-order valence-electron chi connectivity index (χ4n) is 6.97. The molecule has 0 amide bonds. The van der Waals surface area contributed by atoms with E-state index in [4.69, 9.17) is 15.9 Å². The first-order valence-corrected chi connectivity index (χ1v) is 14.6. The third kappa shape index (κ3) is 4.82. The van der Waals surface area contributed by atoms with Crippen molar-refractivity contribution in [2.45, 2.75) is 50.4 Å². The Labute approximate surface area is 254 Å². The van der Waals surface area contributed by atoms with Gasteiger partial charge in [0.15, 0.2) is 5.82 Å². The van der Waals surface area contributed by atoms with Crippen molar-refractivity contribution in [1.29, 1.82) is 0 Å². The number of aromatic nitrogens is 3. The lowest BCUT2D eigenvalue weighted by atomic mass is 9.95. The quantitative estimate of drug-likeness (QED) is 0.219. The summed E-state index contributed by atoms with van der Waals surface area (Å²) >= 11 is 0. The van der Waals surface area contributed by atoms with E-state index in [9.17, 15) is 22.7 Å². The first kappa shape index (κ1) is 29.3. The van der Waals surface area contributed by atoms with Crippen molar-refractivity contribution in [2.75, 3.05) is 37.7 Å². The summed E-state index contributed by atoms with van der Waals surface area (Å²) in [6, 6.07) is 4.18. The molecule has 5 heterocycles. The van der Waals surface area contributed by atoms with E-state index in [1.54, 1.807) is 6.92 Å². The Morgan fingerprint density at radius 2 is 2.02 bits per heavy atom. The number of benzene rings is 2.